The molecule has 148 valence electrons. The van der Waals surface area contributed by atoms with Crippen molar-refractivity contribution in [3.8, 4) is 0 Å². The topological polar surface area (TPSA) is 39.7 Å². The van der Waals surface area contributed by atoms with Crippen LogP contribution in [-0.2, 0) is 0 Å². The Bertz CT molecular complexity index is 579. The number of guanidine groups is 1. The highest BCUT2D eigenvalue weighted by molar-refractivity contribution is 14.0. The second-order valence-corrected chi connectivity index (χ2v) is 7.00. The zero-order valence-corrected chi connectivity index (χ0v) is 18.8. The molecular weight excluding hydrogens is 442 g/mol. The summed E-state index contributed by atoms with van der Waals surface area (Å²) < 4.78 is 13.8. The first-order chi connectivity index (χ1) is 12.0. The van der Waals surface area contributed by atoms with Gasteiger partial charge in [0.2, 0.25) is 0 Å². The van der Waals surface area contributed by atoms with Crippen LogP contribution in [0.3, 0.4) is 0 Å². The van der Waals surface area contributed by atoms with Gasteiger partial charge in [-0.2, -0.15) is 0 Å². The van der Waals surface area contributed by atoms with Crippen LogP contribution in [0.5, 0.6) is 0 Å². The Morgan fingerprint density at radius 2 is 2.15 bits per heavy atom. The number of halogens is 2. The van der Waals surface area contributed by atoms with Crippen molar-refractivity contribution in [2.45, 2.75) is 46.6 Å². The third-order valence-electron chi connectivity index (χ3n) is 4.95. The van der Waals surface area contributed by atoms with Gasteiger partial charge in [-0.1, -0.05) is 19.1 Å². The van der Waals surface area contributed by atoms with Crippen molar-refractivity contribution in [3.05, 3.63) is 35.1 Å². The number of benzene rings is 1. The van der Waals surface area contributed by atoms with Gasteiger partial charge in [0.1, 0.15) is 5.82 Å². The van der Waals surface area contributed by atoms with E-state index in [2.05, 4.69) is 29.4 Å². The number of aliphatic imine (C=N–C) groups is 1. The van der Waals surface area contributed by atoms with Crippen molar-refractivity contribution in [2.24, 2.45) is 10.9 Å². The number of nitrogens with one attached hydrogen (secondary N) is 2. The molecule has 0 spiro atoms. The van der Waals surface area contributed by atoms with E-state index in [1.54, 1.807) is 13.0 Å². The molecule has 1 fully saturated rings. The van der Waals surface area contributed by atoms with E-state index in [0.717, 1.165) is 37.7 Å². The highest BCUT2D eigenvalue weighted by Gasteiger charge is 2.18. The first kappa shape index (κ1) is 23.1. The third-order valence-corrected chi connectivity index (χ3v) is 4.95. The van der Waals surface area contributed by atoms with Gasteiger partial charge in [0.15, 0.2) is 5.96 Å². The lowest BCUT2D eigenvalue weighted by atomic mass is 9.98. The van der Waals surface area contributed by atoms with Crippen LogP contribution in [0.2, 0.25) is 0 Å². The quantitative estimate of drug-likeness (QED) is 0.369. The highest BCUT2D eigenvalue weighted by atomic mass is 127. The maximum absolute atomic E-state index is 13.8. The normalized spacial score (nSPS) is 19.6. The van der Waals surface area contributed by atoms with Gasteiger partial charge < -0.3 is 15.5 Å². The number of rotatable bonds is 6. The van der Waals surface area contributed by atoms with Gasteiger partial charge in [-0.05, 0) is 69.8 Å². The number of aryl methyl sites for hydroxylation is 1. The summed E-state index contributed by atoms with van der Waals surface area (Å²) in [6.07, 6.45) is 2.51. The van der Waals surface area contributed by atoms with E-state index in [0.29, 0.717) is 11.5 Å². The standard InChI is InChI=1S/C20H33FN4.HI/c1-5-22-20(23-13-17-8-7-11-25(6-2)14-17)24-16(4)18-10-9-15(3)19(21)12-18;/h9-10,12,16-17H,5-8,11,13-14H2,1-4H3,(H2,22,23,24);1H. The lowest BCUT2D eigenvalue weighted by molar-refractivity contribution is 0.186. The Hall–Kier alpha value is -0.890. The highest BCUT2D eigenvalue weighted by Crippen LogP contribution is 2.18. The Morgan fingerprint density at radius 1 is 1.38 bits per heavy atom. The summed E-state index contributed by atoms with van der Waals surface area (Å²) in [4.78, 5) is 7.29. The van der Waals surface area contributed by atoms with Gasteiger partial charge in [0.25, 0.3) is 0 Å². The van der Waals surface area contributed by atoms with Gasteiger partial charge in [-0.25, -0.2) is 4.39 Å². The monoisotopic (exact) mass is 476 g/mol. The molecule has 1 aliphatic heterocycles. The molecule has 4 nitrogen and oxygen atoms in total. The summed E-state index contributed by atoms with van der Waals surface area (Å²) in [5.74, 6) is 1.27. The number of piperidine rings is 1. The van der Waals surface area contributed by atoms with Gasteiger partial charge in [-0.3, -0.25) is 4.99 Å². The van der Waals surface area contributed by atoms with Crippen LogP contribution in [0, 0.1) is 18.7 Å². The summed E-state index contributed by atoms with van der Waals surface area (Å²) >= 11 is 0. The largest absolute Gasteiger partial charge is 0.357 e. The molecule has 0 aliphatic carbocycles. The predicted molar refractivity (Wildman–Crippen MR) is 119 cm³/mol. The van der Waals surface area contributed by atoms with Crippen molar-refractivity contribution in [3.63, 3.8) is 0 Å². The van der Waals surface area contributed by atoms with E-state index in [1.165, 1.54) is 19.4 Å². The number of hydrogen-bond acceptors (Lipinski definition) is 2. The van der Waals surface area contributed by atoms with E-state index in [9.17, 15) is 4.39 Å². The van der Waals surface area contributed by atoms with Crippen LogP contribution >= 0.6 is 24.0 Å². The molecule has 1 aromatic rings. The summed E-state index contributed by atoms with van der Waals surface area (Å²) in [6, 6.07) is 5.41. The predicted octanol–water partition coefficient (Wildman–Crippen LogP) is 4.10. The summed E-state index contributed by atoms with van der Waals surface area (Å²) in [7, 11) is 0. The van der Waals surface area contributed by atoms with Crippen LogP contribution in [0.25, 0.3) is 0 Å². The van der Waals surface area contributed by atoms with E-state index >= 15 is 0 Å². The minimum atomic E-state index is -0.157. The molecule has 2 rings (SSSR count). The van der Waals surface area contributed by atoms with Gasteiger partial charge in [-0.15, -0.1) is 24.0 Å². The Balaban J connectivity index is 0.00000338. The number of likely N-dealkylation sites (tertiary alicyclic amines) is 1. The molecule has 1 saturated heterocycles. The molecule has 0 bridgehead atoms. The second kappa shape index (κ2) is 11.7. The number of nitrogens with zero attached hydrogens (tertiary/aromatic N) is 2. The van der Waals surface area contributed by atoms with Gasteiger partial charge in [0.05, 0.1) is 6.04 Å². The maximum atomic E-state index is 13.8. The smallest absolute Gasteiger partial charge is 0.191 e. The lowest BCUT2D eigenvalue weighted by Gasteiger charge is -2.31. The molecule has 6 heteroatoms. The molecule has 0 amide bonds. The zero-order chi connectivity index (χ0) is 18.2. The van der Waals surface area contributed by atoms with Crippen LogP contribution in [-0.4, -0.2) is 43.6 Å². The van der Waals surface area contributed by atoms with Crippen molar-refractivity contribution in [1.29, 1.82) is 0 Å². The van der Waals surface area contributed by atoms with Crippen LogP contribution in [0.15, 0.2) is 23.2 Å². The SMILES string of the molecule is CCNC(=NCC1CCCN(CC)C1)NC(C)c1ccc(C)c(F)c1.I. The fraction of sp³-hybridized carbons (Fsp3) is 0.650. The molecule has 2 N–H and O–H groups in total. The second-order valence-electron chi connectivity index (χ2n) is 7.00. The Labute approximate surface area is 175 Å². The maximum Gasteiger partial charge on any atom is 0.191 e. The molecular formula is C20H34FIN4. The average molecular weight is 476 g/mol. The van der Waals surface area contributed by atoms with Crippen LogP contribution in [0.1, 0.15) is 50.8 Å². The van der Waals surface area contributed by atoms with Crippen molar-refractivity contribution < 1.29 is 4.39 Å². The minimum Gasteiger partial charge on any atom is -0.357 e. The fourth-order valence-corrected chi connectivity index (χ4v) is 3.29. The first-order valence-corrected chi connectivity index (χ1v) is 9.56. The van der Waals surface area contributed by atoms with E-state index < -0.39 is 0 Å². The summed E-state index contributed by atoms with van der Waals surface area (Å²) in [5, 5.41) is 6.71. The third kappa shape index (κ3) is 7.02. The Kier molecular flexibility index (Phi) is 10.5. The summed E-state index contributed by atoms with van der Waals surface area (Å²) in [5.41, 5.74) is 1.61. The molecule has 0 radical (unpaired) electrons. The van der Waals surface area contributed by atoms with E-state index in [-0.39, 0.29) is 35.8 Å². The van der Waals surface area contributed by atoms with Crippen molar-refractivity contribution >= 4 is 29.9 Å². The average Bonchev–Trinajstić information content (AvgIpc) is 2.62. The molecule has 1 aliphatic rings. The molecule has 26 heavy (non-hydrogen) atoms. The first-order valence-electron chi connectivity index (χ1n) is 9.56. The van der Waals surface area contributed by atoms with Crippen LogP contribution < -0.4 is 10.6 Å². The Morgan fingerprint density at radius 3 is 2.81 bits per heavy atom. The molecule has 1 aromatic carbocycles. The molecule has 2 atom stereocenters. The van der Waals surface area contributed by atoms with Crippen molar-refractivity contribution in [1.82, 2.24) is 15.5 Å². The van der Waals surface area contributed by atoms with Crippen LogP contribution in [0.4, 0.5) is 4.39 Å². The lowest BCUT2D eigenvalue weighted by Crippen LogP contribution is -2.40. The summed E-state index contributed by atoms with van der Waals surface area (Å²) in [6.45, 7) is 13.2. The van der Waals surface area contributed by atoms with Gasteiger partial charge in [0, 0.05) is 19.6 Å². The molecule has 0 saturated carbocycles. The van der Waals surface area contributed by atoms with E-state index in [1.807, 2.05) is 19.1 Å². The molecule has 1 heterocycles. The number of hydrogen-bond donors (Lipinski definition) is 2. The fourth-order valence-electron chi connectivity index (χ4n) is 3.29. The van der Waals surface area contributed by atoms with Gasteiger partial charge >= 0.3 is 0 Å². The van der Waals surface area contributed by atoms with E-state index in [4.69, 9.17) is 4.99 Å². The molecule has 2 unspecified atom stereocenters. The minimum absolute atomic E-state index is 0. The zero-order valence-electron chi connectivity index (χ0n) is 16.5. The van der Waals surface area contributed by atoms with Crippen molar-refractivity contribution in [2.75, 3.05) is 32.7 Å². The molecule has 0 aromatic heterocycles.